The van der Waals surface area contributed by atoms with E-state index in [0.29, 0.717) is 16.3 Å². The van der Waals surface area contributed by atoms with Crippen molar-refractivity contribution in [2.75, 3.05) is 10.6 Å². The summed E-state index contributed by atoms with van der Waals surface area (Å²) in [6, 6.07) is 11.2. The molecule has 0 spiro atoms. The first-order valence-corrected chi connectivity index (χ1v) is 10.5. The molecule has 0 bridgehead atoms. The molecule has 12 heteroatoms. The van der Waals surface area contributed by atoms with Crippen molar-refractivity contribution >= 4 is 46.4 Å². The van der Waals surface area contributed by atoms with Gasteiger partial charge >= 0.3 is 0 Å². The first-order valence-electron chi connectivity index (χ1n) is 10.1. The van der Waals surface area contributed by atoms with Crippen LogP contribution >= 0.6 is 11.6 Å². The number of amides is 3. The fourth-order valence-corrected chi connectivity index (χ4v) is 4.11. The van der Waals surface area contributed by atoms with E-state index in [0.717, 1.165) is 0 Å². The summed E-state index contributed by atoms with van der Waals surface area (Å²) in [6.07, 6.45) is -1.67. The predicted molar refractivity (Wildman–Crippen MR) is 120 cm³/mol. The van der Waals surface area contributed by atoms with E-state index < -0.39 is 46.9 Å². The number of nitrogens with one attached hydrogen (secondary N) is 5. The van der Waals surface area contributed by atoms with E-state index in [1.54, 1.807) is 31.2 Å². The van der Waals surface area contributed by atoms with Gasteiger partial charge in [0.05, 0.1) is 22.9 Å². The van der Waals surface area contributed by atoms with E-state index in [4.69, 9.17) is 11.6 Å². The highest BCUT2D eigenvalue weighted by Crippen LogP contribution is 2.29. The Kier molecular flexibility index (Phi) is 6.16. The summed E-state index contributed by atoms with van der Waals surface area (Å²) >= 11 is 5.89. The zero-order chi connectivity index (χ0) is 23.7. The topological polar surface area (TPSA) is 155 Å². The van der Waals surface area contributed by atoms with Crippen LogP contribution in [-0.2, 0) is 14.4 Å². The Morgan fingerprint density at radius 3 is 2.52 bits per heavy atom. The smallest absolute Gasteiger partial charge is 0.274 e. The predicted octanol–water partition coefficient (Wildman–Crippen LogP) is 1.69. The number of aryl methyl sites for hydroxylation is 1. The largest absolute Gasteiger partial charge is 0.353 e. The van der Waals surface area contributed by atoms with E-state index in [9.17, 15) is 24.5 Å². The number of nitrogens with zero attached hydrogens (tertiary/aromatic N) is 1. The van der Waals surface area contributed by atoms with Gasteiger partial charge in [-0.2, -0.15) is 0 Å². The first kappa shape index (κ1) is 22.5. The van der Waals surface area contributed by atoms with Gasteiger partial charge in [0.2, 0.25) is 17.7 Å². The zero-order valence-electron chi connectivity index (χ0n) is 17.4. The minimum Gasteiger partial charge on any atom is -0.353 e. The van der Waals surface area contributed by atoms with Crippen molar-refractivity contribution in [2.45, 2.75) is 25.8 Å². The monoisotopic (exact) mass is 472 g/mol. The maximum atomic E-state index is 13.0. The van der Waals surface area contributed by atoms with E-state index >= 15 is 0 Å². The van der Waals surface area contributed by atoms with Crippen LogP contribution in [0.3, 0.4) is 0 Å². The molecule has 172 valence electrons. The molecule has 2 aromatic carbocycles. The summed E-state index contributed by atoms with van der Waals surface area (Å²) in [6.45, 7) is 1.59. The second kappa shape index (κ2) is 9.04. The maximum absolute atomic E-state index is 13.0. The minimum absolute atomic E-state index is 0.139. The average molecular weight is 473 g/mol. The Morgan fingerprint density at radius 1 is 1.12 bits per heavy atom. The Bertz CT molecular complexity index is 1120. The number of nitro benzene ring substituents is 1. The second-order valence-corrected chi connectivity index (χ2v) is 8.33. The highest BCUT2D eigenvalue weighted by molar-refractivity contribution is 6.30. The van der Waals surface area contributed by atoms with Gasteiger partial charge in [0.1, 0.15) is 0 Å². The number of carbonyl (C=O) groups excluding carboxylic acids is 3. The van der Waals surface area contributed by atoms with Gasteiger partial charge in [-0.25, -0.2) is 0 Å². The molecule has 4 unspecified atom stereocenters. The summed E-state index contributed by atoms with van der Waals surface area (Å²) in [5, 5.41) is 26.0. The normalized spacial score (nSPS) is 24.2. The van der Waals surface area contributed by atoms with Crippen LogP contribution in [0.25, 0.3) is 0 Å². The molecule has 3 amide bonds. The number of anilines is 2. The third-order valence-electron chi connectivity index (χ3n) is 5.62. The Labute approximate surface area is 193 Å². The molecule has 0 radical (unpaired) electrons. The van der Waals surface area contributed by atoms with Crippen LogP contribution in [0.2, 0.25) is 5.02 Å². The third-order valence-corrected chi connectivity index (χ3v) is 5.87. The molecule has 2 aromatic rings. The lowest BCUT2D eigenvalue weighted by molar-refractivity contribution is -0.385. The van der Waals surface area contributed by atoms with Crippen LogP contribution in [0.4, 0.5) is 17.1 Å². The summed E-state index contributed by atoms with van der Waals surface area (Å²) in [5.41, 5.74) is 1.21. The van der Waals surface area contributed by atoms with Crippen molar-refractivity contribution in [3.05, 3.63) is 63.2 Å². The van der Waals surface area contributed by atoms with E-state index in [-0.39, 0.29) is 17.8 Å². The maximum Gasteiger partial charge on any atom is 0.274 e. The zero-order valence-corrected chi connectivity index (χ0v) is 18.2. The van der Waals surface area contributed by atoms with Crippen LogP contribution < -0.4 is 26.6 Å². The highest BCUT2D eigenvalue weighted by atomic mass is 35.5. The molecule has 11 nitrogen and oxygen atoms in total. The van der Waals surface area contributed by atoms with Gasteiger partial charge in [-0.1, -0.05) is 17.7 Å². The van der Waals surface area contributed by atoms with Gasteiger partial charge in [-0.3, -0.25) is 29.8 Å². The molecule has 0 saturated carbocycles. The lowest BCUT2D eigenvalue weighted by atomic mass is 9.81. The number of nitro groups is 1. The standard InChI is InChI=1S/C21H21ClN6O5/c1-10-2-5-13(8-15(10)28(32)33)23-19(30)14-9-16(29)25-18-17(14)20(31)27-21(26-18)24-12-6-3-11(22)4-7-12/h2-8,14,17-18,21,24,26H,9H2,1H3,(H,23,30)(H,25,29)(H,27,31). The van der Waals surface area contributed by atoms with Crippen LogP contribution in [0, 0.1) is 28.9 Å². The van der Waals surface area contributed by atoms with Gasteiger partial charge in [-0.15, -0.1) is 0 Å². The van der Waals surface area contributed by atoms with Crippen LogP contribution in [0.5, 0.6) is 0 Å². The van der Waals surface area contributed by atoms with Crippen molar-refractivity contribution in [1.29, 1.82) is 0 Å². The average Bonchev–Trinajstić information content (AvgIpc) is 2.75. The molecule has 0 aliphatic carbocycles. The molecule has 2 aliphatic rings. The molecule has 0 aromatic heterocycles. The number of hydrogen-bond donors (Lipinski definition) is 5. The van der Waals surface area contributed by atoms with E-state index in [2.05, 4.69) is 26.6 Å². The van der Waals surface area contributed by atoms with Gasteiger partial charge in [0, 0.05) is 34.4 Å². The van der Waals surface area contributed by atoms with Crippen molar-refractivity contribution < 1.29 is 19.3 Å². The molecule has 2 heterocycles. The fraction of sp³-hybridized carbons (Fsp3) is 0.286. The summed E-state index contributed by atoms with van der Waals surface area (Å²) < 4.78 is 0. The van der Waals surface area contributed by atoms with Crippen molar-refractivity contribution in [1.82, 2.24) is 16.0 Å². The third kappa shape index (κ3) is 4.89. The van der Waals surface area contributed by atoms with Gasteiger partial charge in [-0.05, 0) is 37.3 Å². The molecular formula is C21H21ClN6O5. The van der Waals surface area contributed by atoms with Crippen LogP contribution in [0.1, 0.15) is 12.0 Å². The Morgan fingerprint density at radius 2 is 1.82 bits per heavy atom. The molecular weight excluding hydrogens is 452 g/mol. The number of halogens is 1. The minimum atomic E-state index is -0.965. The summed E-state index contributed by atoms with van der Waals surface area (Å²) in [5.74, 6) is -3.21. The number of fused-ring (bicyclic) bond motifs is 1. The lowest BCUT2D eigenvalue weighted by Gasteiger charge is -2.43. The number of piperidine rings is 1. The molecule has 2 fully saturated rings. The first-order chi connectivity index (χ1) is 15.7. The van der Waals surface area contributed by atoms with Gasteiger partial charge in [0.25, 0.3) is 5.69 Å². The van der Waals surface area contributed by atoms with Crippen molar-refractivity contribution in [2.24, 2.45) is 11.8 Å². The quantitative estimate of drug-likeness (QED) is 0.327. The molecule has 2 aliphatic heterocycles. The fourth-order valence-electron chi connectivity index (χ4n) is 3.99. The number of carbonyl (C=O) groups is 3. The summed E-state index contributed by atoms with van der Waals surface area (Å²) in [7, 11) is 0. The molecule has 4 atom stereocenters. The molecule has 2 saturated heterocycles. The Hall–Kier alpha value is -3.70. The lowest BCUT2D eigenvalue weighted by Crippen LogP contribution is -2.72. The molecule has 4 rings (SSSR count). The van der Waals surface area contributed by atoms with E-state index in [1.165, 1.54) is 18.2 Å². The van der Waals surface area contributed by atoms with Gasteiger partial charge < -0.3 is 21.3 Å². The van der Waals surface area contributed by atoms with Crippen LogP contribution in [0.15, 0.2) is 42.5 Å². The highest BCUT2D eigenvalue weighted by Gasteiger charge is 2.48. The van der Waals surface area contributed by atoms with E-state index in [1.807, 2.05) is 0 Å². The van der Waals surface area contributed by atoms with Crippen LogP contribution in [-0.4, -0.2) is 35.1 Å². The van der Waals surface area contributed by atoms with Gasteiger partial charge in [0.15, 0.2) is 6.29 Å². The number of benzene rings is 2. The number of rotatable bonds is 5. The van der Waals surface area contributed by atoms with Crippen molar-refractivity contribution in [3.63, 3.8) is 0 Å². The molecule has 5 N–H and O–H groups in total. The molecule has 33 heavy (non-hydrogen) atoms. The Balaban J connectivity index is 1.49. The number of hydrogen-bond acceptors (Lipinski definition) is 7. The van der Waals surface area contributed by atoms with Crippen molar-refractivity contribution in [3.8, 4) is 0 Å². The SMILES string of the molecule is Cc1ccc(NC(=O)C2CC(=O)NC3NC(Nc4ccc(Cl)cc4)NC(=O)C32)cc1[N+](=O)[O-]. The second-order valence-electron chi connectivity index (χ2n) is 7.89. The summed E-state index contributed by atoms with van der Waals surface area (Å²) in [4.78, 5) is 48.8.